The average Bonchev–Trinajstić information content (AvgIpc) is 3.19. The second kappa shape index (κ2) is 6.27. The maximum atomic E-state index is 4.83. The van der Waals surface area contributed by atoms with Crippen molar-refractivity contribution in [1.29, 1.82) is 0 Å². The summed E-state index contributed by atoms with van der Waals surface area (Å²) in [6.07, 6.45) is 3.05. The first kappa shape index (κ1) is 16.1. The molecular weight excluding hydrogens is 330 g/mol. The number of rotatable bonds is 3. The van der Waals surface area contributed by atoms with Crippen LogP contribution in [-0.4, -0.2) is 16.8 Å². The van der Waals surface area contributed by atoms with Gasteiger partial charge >= 0.3 is 0 Å². The van der Waals surface area contributed by atoms with E-state index in [9.17, 15) is 0 Å². The fourth-order valence-electron chi connectivity index (χ4n) is 4.35. The van der Waals surface area contributed by atoms with Crippen molar-refractivity contribution in [3.05, 3.63) is 77.9 Å². The number of nitrogens with zero attached hydrogens (tertiary/aromatic N) is 3. The molecule has 4 aromatic rings. The zero-order valence-electron chi connectivity index (χ0n) is 15.8. The van der Waals surface area contributed by atoms with E-state index in [0.717, 1.165) is 18.5 Å². The molecule has 1 aliphatic heterocycles. The van der Waals surface area contributed by atoms with Crippen LogP contribution in [0.5, 0.6) is 0 Å². The number of fused-ring (bicyclic) bond motifs is 4. The molecule has 1 atom stereocenters. The van der Waals surface area contributed by atoms with Gasteiger partial charge in [0, 0.05) is 28.4 Å². The number of aromatic nitrogens is 1. The molecule has 0 aliphatic carbocycles. The minimum absolute atomic E-state index is 0.393. The van der Waals surface area contributed by atoms with Gasteiger partial charge in [0.25, 0.3) is 0 Å². The lowest BCUT2D eigenvalue weighted by molar-refractivity contribution is 0.700. The van der Waals surface area contributed by atoms with Crippen LogP contribution in [0.1, 0.15) is 25.0 Å². The van der Waals surface area contributed by atoms with Crippen molar-refractivity contribution >= 4 is 33.7 Å². The second-order valence-electron chi connectivity index (χ2n) is 7.31. The Labute approximate surface area is 159 Å². The highest BCUT2D eigenvalue weighted by Crippen LogP contribution is 2.32. The summed E-state index contributed by atoms with van der Waals surface area (Å²) in [4.78, 5) is 0. The number of hydrogen-bond donors (Lipinski definition) is 0. The van der Waals surface area contributed by atoms with E-state index in [2.05, 4.69) is 90.2 Å². The highest BCUT2D eigenvalue weighted by molar-refractivity contribution is 6.09. The molecule has 3 aromatic carbocycles. The maximum absolute atomic E-state index is 4.83. The third-order valence-corrected chi connectivity index (χ3v) is 5.62. The summed E-state index contributed by atoms with van der Waals surface area (Å²) in [6, 6.07) is 24.3. The summed E-state index contributed by atoms with van der Waals surface area (Å²) in [5.74, 6) is 0. The highest BCUT2D eigenvalue weighted by atomic mass is 15.5. The average molecular weight is 353 g/mol. The van der Waals surface area contributed by atoms with Gasteiger partial charge in [0.2, 0.25) is 0 Å². The Bertz CT molecular complexity index is 1170. The van der Waals surface area contributed by atoms with Crippen LogP contribution in [0, 0.1) is 0 Å². The van der Waals surface area contributed by atoms with Gasteiger partial charge in [0.1, 0.15) is 0 Å². The van der Waals surface area contributed by atoms with Crippen LogP contribution in [0.15, 0.2) is 71.8 Å². The van der Waals surface area contributed by atoms with Crippen LogP contribution in [0.2, 0.25) is 0 Å². The predicted molar refractivity (Wildman–Crippen MR) is 115 cm³/mol. The Morgan fingerprint density at radius 1 is 0.963 bits per heavy atom. The molecule has 3 nitrogen and oxygen atoms in total. The van der Waals surface area contributed by atoms with Crippen molar-refractivity contribution in [2.75, 3.05) is 5.01 Å². The van der Waals surface area contributed by atoms with Gasteiger partial charge in [-0.2, -0.15) is 5.10 Å². The van der Waals surface area contributed by atoms with Gasteiger partial charge < -0.3 is 4.57 Å². The number of anilines is 1. The molecule has 134 valence electrons. The van der Waals surface area contributed by atoms with Gasteiger partial charge in [-0.1, -0.05) is 42.5 Å². The number of hydrazone groups is 1. The van der Waals surface area contributed by atoms with Crippen molar-refractivity contribution in [3.8, 4) is 0 Å². The highest BCUT2D eigenvalue weighted by Gasteiger charge is 2.24. The first-order chi connectivity index (χ1) is 13.3. The third-order valence-electron chi connectivity index (χ3n) is 5.62. The summed E-state index contributed by atoms with van der Waals surface area (Å²) in [5.41, 5.74) is 6.33. The van der Waals surface area contributed by atoms with E-state index in [-0.39, 0.29) is 0 Å². The SMILES string of the molecule is CCn1c2ccccc2c2cc(/C=N\N3c4ccccc4CC3C)ccc21. The Balaban J connectivity index is 1.57. The van der Waals surface area contributed by atoms with Crippen molar-refractivity contribution in [2.45, 2.75) is 32.9 Å². The van der Waals surface area contributed by atoms with Crippen LogP contribution in [0.25, 0.3) is 21.8 Å². The number of hydrogen-bond acceptors (Lipinski definition) is 2. The Morgan fingerprint density at radius 2 is 1.74 bits per heavy atom. The maximum Gasteiger partial charge on any atom is 0.0629 e. The molecule has 27 heavy (non-hydrogen) atoms. The molecule has 0 spiro atoms. The largest absolute Gasteiger partial charge is 0.341 e. The Hall–Kier alpha value is -3.07. The fourth-order valence-corrected chi connectivity index (χ4v) is 4.35. The van der Waals surface area contributed by atoms with Crippen molar-refractivity contribution in [1.82, 2.24) is 4.57 Å². The van der Waals surface area contributed by atoms with Crippen molar-refractivity contribution < 1.29 is 0 Å². The van der Waals surface area contributed by atoms with E-state index in [0.29, 0.717) is 6.04 Å². The van der Waals surface area contributed by atoms with Gasteiger partial charge in [-0.05, 0) is 55.7 Å². The van der Waals surface area contributed by atoms with E-state index in [1.807, 2.05) is 6.21 Å². The quantitative estimate of drug-likeness (QED) is 0.439. The first-order valence-corrected chi connectivity index (χ1v) is 9.68. The number of benzene rings is 3. The first-order valence-electron chi connectivity index (χ1n) is 9.68. The van der Waals surface area contributed by atoms with E-state index in [4.69, 9.17) is 5.10 Å². The second-order valence-corrected chi connectivity index (χ2v) is 7.31. The molecule has 0 saturated carbocycles. The van der Waals surface area contributed by atoms with Crippen LogP contribution in [0.3, 0.4) is 0 Å². The molecular formula is C24H23N3. The number of aryl methyl sites for hydroxylation is 1. The lowest BCUT2D eigenvalue weighted by Gasteiger charge is -2.18. The molecule has 2 heterocycles. The topological polar surface area (TPSA) is 20.5 Å². The summed E-state index contributed by atoms with van der Waals surface area (Å²) < 4.78 is 2.38. The van der Waals surface area contributed by atoms with Crippen LogP contribution in [0.4, 0.5) is 5.69 Å². The van der Waals surface area contributed by atoms with E-state index < -0.39 is 0 Å². The van der Waals surface area contributed by atoms with E-state index >= 15 is 0 Å². The number of para-hydroxylation sites is 2. The summed E-state index contributed by atoms with van der Waals surface area (Å²) in [7, 11) is 0. The molecule has 5 rings (SSSR count). The molecule has 0 N–H and O–H groups in total. The van der Waals surface area contributed by atoms with Gasteiger partial charge in [-0.15, -0.1) is 0 Å². The molecule has 0 saturated heterocycles. The summed E-state index contributed by atoms with van der Waals surface area (Å²) >= 11 is 0. The molecule has 1 unspecified atom stereocenters. The lowest BCUT2D eigenvalue weighted by atomic mass is 10.1. The third kappa shape index (κ3) is 2.54. The van der Waals surface area contributed by atoms with Crippen LogP contribution in [-0.2, 0) is 13.0 Å². The Morgan fingerprint density at radius 3 is 2.63 bits per heavy atom. The predicted octanol–water partition coefficient (Wildman–Crippen LogP) is 5.60. The van der Waals surface area contributed by atoms with E-state index in [1.54, 1.807) is 0 Å². The molecule has 1 aromatic heterocycles. The minimum Gasteiger partial charge on any atom is -0.341 e. The van der Waals surface area contributed by atoms with Crippen molar-refractivity contribution in [3.63, 3.8) is 0 Å². The Kier molecular flexibility index (Phi) is 3.75. The zero-order valence-corrected chi connectivity index (χ0v) is 15.8. The van der Waals surface area contributed by atoms with Gasteiger partial charge in [-0.25, -0.2) is 0 Å². The standard InChI is InChI=1S/C24H23N3/c1-3-26-23-11-7-5-9-20(23)21-15-18(12-13-24(21)26)16-25-27-17(2)14-19-8-4-6-10-22(19)27/h4-13,15-17H,3,14H2,1-2H3/b25-16-. The minimum atomic E-state index is 0.393. The van der Waals surface area contributed by atoms with Crippen molar-refractivity contribution in [2.24, 2.45) is 5.10 Å². The molecule has 0 fully saturated rings. The zero-order chi connectivity index (χ0) is 18.4. The molecule has 0 amide bonds. The van der Waals surface area contributed by atoms with Crippen LogP contribution < -0.4 is 5.01 Å². The molecule has 3 heteroatoms. The molecule has 0 bridgehead atoms. The summed E-state index contributed by atoms with van der Waals surface area (Å²) in [6.45, 7) is 5.41. The van der Waals surface area contributed by atoms with Gasteiger partial charge in [0.05, 0.1) is 17.9 Å². The molecule has 1 aliphatic rings. The smallest absolute Gasteiger partial charge is 0.0629 e. The monoisotopic (exact) mass is 353 g/mol. The van der Waals surface area contributed by atoms with E-state index in [1.165, 1.54) is 33.1 Å². The molecule has 0 radical (unpaired) electrons. The lowest BCUT2D eigenvalue weighted by Crippen LogP contribution is -2.23. The normalized spacial score (nSPS) is 16.7. The fraction of sp³-hybridized carbons (Fsp3) is 0.208. The summed E-state index contributed by atoms with van der Waals surface area (Å²) in [5, 5.41) is 9.59. The van der Waals surface area contributed by atoms with Gasteiger partial charge in [-0.3, -0.25) is 5.01 Å². The van der Waals surface area contributed by atoms with Crippen LogP contribution >= 0.6 is 0 Å². The van der Waals surface area contributed by atoms with Gasteiger partial charge in [0.15, 0.2) is 0 Å².